The number of amides is 1. The van der Waals surface area contributed by atoms with E-state index in [4.69, 9.17) is 0 Å². The van der Waals surface area contributed by atoms with Crippen molar-refractivity contribution < 1.29 is 9.59 Å². The fraction of sp³-hybridized carbons (Fsp3) is 0.429. The summed E-state index contributed by atoms with van der Waals surface area (Å²) >= 11 is 0. The van der Waals surface area contributed by atoms with Gasteiger partial charge in [0, 0.05) is 19.4 Å². The van der Waals surface area contributed by atoms with Crippen LogP contribution in [0.25, 0.3) is 0 Å². The zero-order chi connectivity index (χ0) is 15.5. The molecule has 0 saturated carbocycles. The van der Waals surface area contributed by atoms with Gasteiger partial charge in [-0.05, 0) is 25.9 Å². The van der Waals surface area contributed by atoms with E-state index >= 15 is 0 Å². The van der Waals surface area contributed by atoms with E-state index in [1.165, 1.54) is 17.1 Å². The largest absolute Gasteiger partial charge is 0.317 e. The number of hydrogen-bond donors (Lipinski definition) is 2. The van der Waals surface area contributed by atoms with E-state index in [-0.39, 0.29) is 5.56 Å². The number of nitrogens with zero attached hydrogens (tertiary/aromatic N) is 4. The number of carbonyl (C=O) groups is 2. The van der Waals surface area contributed by atoms with E-state index in [1.807, 2.05) is 4.68 Å². The van der Waals surface area contributed by atoms with Gasteiger partial charge in [0.1, 0.15) is 0 Å². The summed E-state index contributed by atoms with van der Waals surface area (Å²) in [6.07, 6.45) is 8.23. The third kappa shape index (κ3) is 3.06. The SMILES string of the molecule is Cn1cc(C(=O)C(=O)Nc2cnn(C3CCNCC3)c2)cn1. The van der Waals surface area contributed by atoms with Gasteiger partial charge in [0.05, 0.1) is 29.7 Å². The van der Waals surface area contributed by atoms with E-state index in [2.05, 4.69) is 20.8 Å². The van der Waals surface area contributed by atoms with Crippen LogP contribution < -0.4 is 10.6 Å². The maximum Gasteiger partial charge on any atom is 0.296 e. The van der Waals surface area contributed by atoms with Crippen LogP contribution in [0.4, 0.5) is 5.69 Å². The van der Waals surface area contributed by atoms with Gasteiger partial charge in [0.15, 0.2) is 0 Å². The molecule has 0 bridgehead atoms. The minimum Gasteiger partial charge on any atom is -0.317 e. The molecule has 1 saturated heterocycles. The van der Waals surface area contributed by atoms with Crippen LogP contribution in [0.2, 0.25) is 0 Å². The van der Waals surface area contributed by atoms with Crippen LogP contribution in [0.5, 0.6) is 0 Å². The molecule has 1 fully saturated rings. The monoisotopic (exact) mass is 302 g/mol. The normalized spacial score (nSPS) is 15.7. The molecule has 1 aliphatic heterocycles. The van der Waals surface area contributed by atoms with Crippen molar-refractivity contribution in [1.82, 2.24) is 24.9 Å². The van der Waals surface area contributed by atoms with Gasteiger partial charge >= 0.3 is 0 Å². The smallest absolute Gasteiger partial charge is 0.296 e. The van der Waals surface area contributed by atoms with Crippen molar-refractivity contribution in [3.8, 4) is 0 Å². The molecule has 0 aromatic carbocycles. The number of hydrogen-bond acceptors (Lipinski definition) is 5. The van der Waals surface area contributed by atoms with Crippen molar-refractivity contribution >= 4 is 17.4 Å². The summed E-state index contributed by atoms with van der Waals surface area (Å²) < 4.78 is 3.33. The average Bonchev–Trinajstić information content (AvgIpc) is 3.16. The van der Waals surface area contributed by atoms with E-state index in [1.54, 1.807) is 19.4 Å². The first-order valence-corrected chi connectivity index (χ1v) is 7.22. The van der Waals surface area contributed by atoms with E-state index < -0.39 is 11.7 Å². The minimum absolute atomic E-state index is 0.269. The number of nitrogens with one attached hydrogen (secondary N) is 2. The first-order chi connectivity index (χ1) is 10.6. The molecule has 116 valence electrons. The lowest BCUT2D eigenvalue weighted by Gasteiger charge is -2.22. The number of aromatic nitrogens is 4. The molecule has 22 heavy (non-hydrogen) atoms. The maximum atomic E-state index is 12.0. The predicted octanol–water partition coefficient (Wildman–Crippen LogP) is 0.362. The number of rotatable bonds is 4. The number of Topliss-reactive ketones (excluding diaryl/α,β-unsaturated/α-hetero) is 1. The topological polar surface area (TPSA) is 93.8 Å². The number of anilines is 1. The molecule has 1 amide bonds. The molecule has 0 spiro atoms. The molecule has 2 N–H and O–H groups in total. The summed E-state index contributed by atoms with van der Waals surface area (Å²) in [6.45, 7) is 1.93. The summed E-state index contributed by atoms with van der Waals surface area (Å²) in [6, 6.07) is 0.334. The van der Waals surface area contributed by atoms with Gasteiger partial charge in [-0.2, -0.15) is 10.2 Å². The molecule has 0 unspecified atom stereocenters. The van der Waals surface area contributed by atoms with Crippen LogP contribution in [-0.2, 0) is 11.8 Å². The third-order valence-electron chi connectivity index (χ3n) is 3.72. The van der Waals surface area contributed by atoms with Crippen molar-refractivity contribution in [3.63, 3.8) is 0 Å². The Morgan fingerprint density at radius 2 is 2.00 bits per heavy atom. The Labute approximate surface area is 127 Å². The second kappa shape index (κ2) is 6.10. The molecule has 2 aromatic rings. The lowest BCUT2D eigenvalue weighted by Crippen LogP contribution is -2.29. The Morgan fingerprint density at radius 3 is 2.68 bits per heavy atom. The average molecular weight is 302 g/mol. The quantitative estimate of drug-likeness (QED) is 0.628. The molecule has 0 atom stereocenters. The Kier molecular flexibility index (Phi) is 4.01. The summed E-state index contributed by atoms with van der Waals surface area (Å²) in [7, 11) is 1.69. The van der Waals surface area contributed by atoms with Crippen LogP contribution in [0.1, 0.15) is 29.2 Å². The number of aryl methyl sites for hydroxylation is 1. The van der Waals surface area contributed by atoms with Gasteiger partial charge in [0.25, 0.3) is 11.7 Å². The zero-order valence-electron chi connectivity index (χ0n) is 12.3. The van der Waals surface area contributed by atoms with Crippen LogP contribution >= 0.6 is 0 Å². The first-order valence-electron chi connectivity index (χ1n) is 7.22. The van der Waals surface area contributed by atoms with Crippen LogP contribution in [0.3, 0.4) is 0 Å². The number of piperidine rings is 1. The van der Waals surface area contributed by atoms with E-state index in [9.17, 15) is 9.59 Å². The van der Waals surface area contributed by atoms with Gasteiger partial charge in [0.2, 0.25) is 0 Å². The second-order valence-corrected chi connectivity index (χ2v) is 5.38. The maximum absolute atomic E-state index is 12.0. The molecule has 2 aromatic heterocycles. The predicted molar refractivity (Wildman–Crippen MR) is 79.5 cm³/mol. The fourth-order valence-corrected chi connectivity index (χ4v) is 2.53. The van der Waals surface area contributed by atoms with Gasteiger partial charge < -0.3 is 10.6 Å². The van der Waals surface area contributed by atoms with E-state index in [0.717, 1.165) is 25.9 Å². The highest BCUT2D eigenvalue weighted by atomic mass is 16.2. The van der Waals surface area contributed by atoms with Gasteiger partial charge in [-0.1, -0.05) is 0 Å². The highest BCUT2D eigenvalue weighted by Gasteiger charge is 2.20. The van der Waals surface area contributed by atoms with Crippen molar-refractivity contribution in [1.29, 1.82) is 0 Å². The molecule has 8 nitrogen and oxygen atoms in total. The Balaban J connectivity index is 1.64. The molecular weight excluding hydrogens is 284 g/mol. The Morgan fingerprint density at radius 1 is 1.23 bits per heavy atom. The van der Waals surface area contributed by atoms with Crippen LogP contribution in [0, 0.1) is 0 Å². The summed E-state index contributed by atoms with van der Waals surface area (Å²) in [5.41, 5.74) is 0.798. The van der Waals surface area contributed by atoms with Crippen molar-refractivity contribution in [2.75, 3.05) is 18.4 Å². The molecule has 0 radical (unpaired) electrons. The van der Waals surface area contributed by atoms with Gasteiger partial charge in [-0.3, -0.25) is 19.0 Å². The lowest BCUT2D eigenvalue weighted by molar-refractivity contribution is -0.112. The number of carbonyl (C=O) groups excluding carboxylic acids is 2. The number of ketones is 1. The van der Waals surface area contributed by atoms with Gasteiger partial charge in [-0.25, -0.2) is 0 Å². The lowest BCUT2D eigenvalue weighted by atomic mass is 10.1. The molecular formula is C14H18N6O2. The summed E-state index contributed by atoms with van der Waals surface area (Å²) in [5, 5.41) is 14.0. The minimum atomic E-state index is -0.683. The van der Waals surface area contributed by atoms with Crippen molar-refractivity contribution in [3.05, 3.63) is 30.4 Å². The molecule has 3 heterocycles. The van der Waals surface area contributed by atoms with Crippen LogP contribution in [0.15, 0.2) is 24.8 Å². The highest BCUT2D eigenvalue weighted by molar-refractivity contribution is 6.46. The third-order valence-corrected chi connectivity index (χ3v) is 3.72. The summed E-state index contributed by atoms with van der Waals surface area (Å²) in [4.78, 5) is 23.9. The van der Waals surface area contributed by atoms with Gasteiger partial charge in [-0.15, -0.1) is 0 Å². The molecule has 8 heteroatoms. The molecule has 0 aliphatic carbocycles. The van der Waals surface area contributed by atoms with Crippen molar-refractivity contribution in [2.45, 2.75) is 18.9 Å². The van der Waals surface area contributed by atoms with Crippen molar-refractivity contribution in [2.24, 2.45) is 7.05 Å². The fourth-order valence-electron chi connectivity index (χ4n) is 2.53. The molecule has 1 aliphatic rings. The van der Waals surface area contributed by atoms with Crippen LogP contribution in [-0.4, -0.2) is 44.3 Å². The Bertz CT molecular complexity index is 683. The zero-order valence-corrected chi connectivity index (χ0v) is 12.3. The summed E-state index contributed by atoms with van der Waals surface area (Å²) in [5.74, 6) is -1.29. The first kappa shape index (κ1) is 14.5. The Hall–Kier alpha value is -2.48. The molecule has 3 rings (SSSR count). The van der Waals surface area contributed by atoms with E-state index in [0.29, 0.717) is 11.7 Å². The highest BCUT2D eigenvalue weighted by Crippen LogP contribution is 2.19. The standard InChI is InChI=1S/C14H18N6O2/c1-19-8-10(6-16-19)13(21)14(22)18-11-7-17-20(9-11)12-2-4-15-5-3-12/h6-9,12,15H,2-5H2,1H3,(H,18,22). The second-order valence-electron chi connectivity index (χ2n) is 5.38.